The fourth-order valence-electron chi connectivity index (χ4n) is 1.96. The zero-order chi connectivity index (χ0) is 16.8. The molecule has 2 amide bonds. The predicted octanol–water partition coefficient (Wildman–Crippen LogP) is 2.83. The van der Waals surface area contributed by atoms with Crippen molar-refractivity contribution >= 4 is 17.9 Å². The number of allylic oxidation sites excluding steroid dienone is 2. The summed E-state index contributed by atoms with van der Waals surface area (Å²) in [6.07, 6.45) is 10.8. The monoisotopic (exact) mass is 316 g/mol. The molecule has 0 heterocycles. The summed E-state index contributed by atoms with van der Waals surface area (Å²) in [5.74, 6) is -0.464. The van der Waals surface area contributed by atoms with Crippen LogP contribution in [0.2, 0.25) is 0 Å². The Hall–Kier alpha value is -2.40. The van der Waals surface area contributed by atoms with Crippen molar-refractivity contribution in [1.82, 2.24) is 10.8 Å². The first-order valence-electron chi connectivity index (χ1n) is 7.83. The van der Waals surface area contributed by atoms with Gasteiger partial charge < -0.3 is 5.32 Å². The Morgan fingerprint density at radius 3 is 2.48 bits per heavy atom. The molecule has 0 fully saturated rings. The van der Waals surface area contributed by atoms with E-state index in [-0.39, 0.29) is 11.8 Å². The van der Waals surface area contributed by atoms with Crippen molar-refractivity contribution in [3.63, 3.8) is 0 Å². The third-order valence-corrected chi connectivity index (χ3v) is 3.20. The summed E-state index contributed by atoms with van der Waals surface area (Å²) in [7, 11) is 0. The van der Waals surface area contributed by atoms with Crippen LogP contribution in [0, 0.1) is 0 Å². The topological polar surface area (TPSA) is 78.4 Å². The number of benzene rings is 1. The van der Waals surface area contributed by atoms with Gasteiger partial charge in [0.2, 0.25) is 11.8 Å². The van der Waals surface area contributed by atoms with Crippen LogP contribution < -0.4 is 10.8 Å². The van der Waals surface area contributed by atoms with Crippen LogP contribution in [0.25, 0.3) is 6.08 Å². The molecule has 0 aliphatic rings. The molecule has 5 nitrogen and oxygen atoms in total. The van der Waals surface area contributed by atoms with Gasteiger partial charge in [-0.2, -0.15) is 0 Å². The van der Waals surface area contributed by atoms with E-state index in [1.807, 2.05) is 42.5 Å². The Labute approximate surface area is 137 Å². The molecule has 1 rings (SSSR count). The molecule has 0 saturated carbocycles. The van der Waals surface area contributed by atoms with Crippen LogP contribution in [0.1, 0.15) is 37.7 Å². The van der Waals surface area contributed by atoms with Gasteiger partial charge in [0.05, 0.1) is 0 Å². The normalized spacial score (nSPS) is 11.0. The summed E-state index contributed by atoms with van der Waals surface area (Å²) >= 11 is 0. The summed E-state index contributed by atoms with van der Waals surface area (Å²) in [6, 6.07) is 9.88. The Balaban J connectivity index is 2.05. The lowest BCUT2D eigenvalue weighted by atomic mass is 10.1. The molecule has 0 aliphatic carbocycles. The smallest absolute Gasteiger partial charge is 0.243 e. The maximum Gasteiger partial charge on any atom is 0.243 e. The highest BCUT2D eigenvalue weighted by atomic mass is 16.5. The number of amides is 2. The molecule has 0 aliphatic heterocycles. The Morgan fingerprint density at radius 2 is 1.74 bits per heavy atom. The van der Waals surface area contributed by atoms with Crippen molar-refractivity contribution < 1.29 is 14.8 Å². The third kappa shape index (κ3) is 10.0. The van der Waals surface area contributed by atoms with Crippen LogP contribution in [0.5, 0.6) is 0 Å². The standard InChI is InChI=1S/C18H24N2O3/c21-17(13-8-7-12-16-10-4-3-5-11-16)19-15-9-2-1-6-14-18(22)20-23/h3-5,7-8,10-13,23H,1-2,6,9,14-15H2,(H,19,21)(H,20,22)/b12-7+,13-8+. The fraction of sp³-hybridized carbons (Fsp3) is 0.333. The Bertz CT molecular complexity index is 524. The highest BCUT2D eigenvalue weighted by Gasteiger charge is 1.98. The molecule has 1 aromatic carbocycles. The van der Waals surface area contributed by atoms with Gasteiger partial charge in [-0.1, -0.05) is 61.4 Å². The third-order valence-electron chi connectivity index (χ3n) is 3.20. The van der Waals surface area contributed by atoms with Crippen LogP contribution >= 0.6 is 0 Å². The Kier molecular flexibility index (Phi) is 9.87. The molecular weight excluding hydrogens is 292 g/mol. The van der Waals surface area contributed by atoms with Crippen LogP contribution in [-0.2, 0) is 9.59 Å². The van der Waals surface area contributed by atoms with Crippen molar-refractivity contribution in [2.75, 3.05) is 6.54 Å². The highest BCUT2D eigenvalue weighted by Crippen LogP contribution is 2.02. The van der Waals surface area contributed by atoms with Gasteiger partial charge >= 0.3 is 0 Å². The molecule has 0 unspecified atom stereocenters. The summed E-state index contributed by atoms with van der Waals surface area (Å²) in [5.41, 5.74) is 2.70. The molecule has 0 bridgehead atoms. The first-order chi connectivity index (χ1) is 11.2. The minimum atomic E-state index is -0.355. The van der Waals surface area contributed by atoms with Gasteiger partial charge in [-0.15, -0.1) is 0 Å². The van der Waals surface area contributed by atoms with Crippen molar-refractivity contribution in [2.24, 2.45) is 0 Å². The maximum atomic E-state index is 11.6. The number of hydrogen-bond acceptors (Lipinski definition) is 3. The van der Waals surface area contributed by atoms with Crippen LogP contribution in [0.3, 0.4) is 0 Å². The van der Waals surface area contributed by atoms with Gasteiger partial charge in [0, 0.05) is 19.0 Å². The lowest BCUT2D eigenvalue weighted by molar-refractivity contribution is -0.129. The van der Waals surface area contributed by atoms with E-state index in [2.05, 4.69) is 5.32 Å². The second kappa shape index (κ2) is 12.2. The first kappa shape index (κ1) is 18.6. The summed E-state index contributed by atoms with van der Waals surface area (Å²) in [4.78, 5) is 22.3. The van der Waals surface area contributed by atoms with Gasteiger partial charge in [0.25, 0.3) is 0 Å². The highest BCUT2D eigenvalue weighted by molar-refractivity contribution is 5.87. The van der Waals surface area contributed by atoms with Gasteiger partial charge in [0.1, 0.15) is 0 Å². The molecule has 23 heavy (non-hydrogen) atoms. The SMILES string of the molecule is O=C(/C=C/C=C/c1ccccc1)NCCCCCCC(=O)NO. The average molecular weight is 316 g/mol. The number of rotatable bonds is 10. The number of hydroxylamine groups is 1. The first-order valence-corrected chi connectivity index (χ1v) is 7.83. The van der Waals surface area contributed by atoms with E-state index in [0.717, 1.165) is 31.2 Å². The largest absolute Gasteiger partial charge is 0.353 e. The van der Waals surface area contributed by atoms with E-state index >= 15 is 0 Å². The number of nitrogens with one attached hydrogen (secondary N) is 2. The minimum Gasteiger partial charge on any atom is -0.353 e. The van der Waals surface area contributed by atoms with Gasteiger partial charge in [-0.25, -0.2) is 5.48 Å². The fourth-order valence-corrected chi connectivity index (χ4v) is 1.96. The quantitative estimate of drug-likeness (QED) is 0.204. The number of unbranched alkanes of at least 4 members (excludes halogenated alkanes) is 3. The van der Waals surface area contributed by atoms with E-state index in [4.69, 9.17) is 5.21 Å². The molecule has 0 radical (unpaired) electrons. The molecular formula is C18H24N2O3. The summed E-state index contributed by atoms with van der Waals surface area (Å²) < 4.78 is 0. The average Bonchev–Trinajstić information content (AvgIpc) is 2.58. The van der Waals surface area contributed by atoms with E-state index in [1.54, 1.807) is 11.6 Å². The molecule has 0 saturated heterocycles. The van der Waals surface area contributed by atoms with Crippen molar-refractivity contribution in [1.29, 1.82) is 0 Å². The molecule has 124 valence electrons. The molecule has 0 atom stereocenters. The minimum absolute atomic E-state index is 0.109. The number of hydrogen-bond donors (Lipinski definition) is 3. The van der Waals surface area contributed by atoms with E-state index in [9.17, 15) is 9.59 Å². The zero-order valence-electron chi connectivity index (χ0n) is 13.2. The molecule has 1 aromatic rings. The molecule has 0 spiro atoms. The van der Waals surface area contributed by atoms with E-state index in [0.29, 0.717) is 13.0 Å². The number of carbonyl (C=O) groups excluding carboxylic acids is 2. The maximum absolute atomic E-state index is 11.6. The number of carbonyl (C=O) groups is 2. The van der Waals surface area contributed by atoms with Gasteiger partial charge in [-0.3, -0.25) is 14.8 Å². The molecule has 5 heteroatoms. The van der Waals surface area contributed by atoms with E-state index in [1.165, 1.54) is 6.08 Å². The van der Waals surface area contributed by atoms with Crippen LogP contribution in [0.4, 0.5) is 0 Å². The molecule has 3 N–H and O–H groups in total. The second-order valence-corrected chi connectivity index (χ2v) is 5.12. The second-order valence-electron chi connectivity index (χ2n) is 5.12. The lowest BCUT2D eigenvalue weighted by Crippen LogP contribution is -2.22. The molecule has 0 aromatic heterocycles. The lowest BCUT2D eigenvalue weighted by Gasteiger charge is -2.02. The van der Waals surface area contributed by atoms with Gasteiger partial charge in [-0.05, 0) is 18.4 Å². The zero-order valence-corrected chi connectivity index (χ0v) is 13.2. The Morgan fingerprint density at radius 1 is 1.00 bits per heavy atom. The van der Waals surface area contributed by atoms with Crippen molar-refractivity contribution in [3.05, 3.63) is 54.1 Å². The van der Waals surface area contributed by atoms with Crippen LogP contribution in [0.15, 0.2) is 48.6 Å². The summed E-state index contributed by atoms with van der Waals surface area (Å²) in [5, 5.41) is 11.1. The van der Waals surface area contributed by atoms with Crippen molar-refractivity contribution in [2.45, 2.75) is 32.1 Å². The predicted molar refractivity (Wildman–Crippen MR) is 90.6 cm³/mol. The summed E-state index contributed by atoms with van der Waals surface area (Å²) in [6.45, 7) is 0.623. The van der Waals surface area contributed by atoms with Crippen LogP contribution in [-0.4, -0.2) is 23.6 Å². The van der Waals surface area contributed by atoms with Crippen molar-refractivity contribution in [3.8, 4) is 0 Å². The van der Waals surface area contributed by atoms with E-state index < -0.39 is 0 Å². The van der Waals surface area contributed by atoms with Gasteiger partial charge in [0.15, 0.2) is 0 Å².